The van der Waals surface area contributed by atoms with Crippen molar-refractivity contribution in [1.29, 1.82) is 0 Å². The van der Waals surface area contributed by atoms with Gasteiger partial charge < -0.3 is 15.2 Å². The van der Waals surface area contributed by atoms with Crippen molar-refractivity contribution < 1.29 is 19.1 Å². The molecule has 0 fully saturated rings. The van der Waals surface area contributed by atoms with E-state index in [9.17, 15) is 9.59 Å². The molecular weight excluding hydrogens is 318 g/mol. The predicted molar refractivity (Wildman–Crippen MR) is 94.6 cm³/mol. The third-order valence-electron chi connectivity index (χ3n) is 3.92. The van der Waals surface area contributed by atoms with E-state index < -0.39 is 5.91 Å². The first-order chi connectivity index (χ1) is 11.9. The average molecular weight is 337 g/mol. The first-order valence-electron chi connectivity index (χ1n) is 8.03. The van der Waals surface area contributed by atoms with E-state index in [1.807, 2.05) is 24.3 Å². The SMILES string of the molecule is CC(C)c1ccc(/C=C2\Oc3cc(OCC(N)=O)ccc3C2=O)cc1. The quantitative estimate of drug-likeness (QED) is 0.849. The second-order valence-corrected chi connectivity index (χ2v) is 6.17. The maximum Gasteiger partial charge on any atom is 0.255 e. The highest BCUT2D eigenvalue weighted by Crippen LogP contribution is 2.35. The number of ether oxygens (including phenoxy) is 2. The van der Waals surface area contributed by atoms with E-state index in [1.165, 1.54) is 5.56 Å². The van der Waals surface area contributed by atoms with Gasteiger partial charge in [-0.3, -0.25) is 9.59 Å². The Morgan fingerprint density at radius 3 is 2.56 bits per heavy atom. The molecule has 128 valence electrons. The maximum absolute atomic E-state index is 12.4. The van der Waals surface area contributed by atoms with Crippen LogP contribution in [0.2, 0.25) is 0 Å². The van der Waals surface area contributed by atoms with Crippen LogP contribution in [-0.4, -0.2) is 18.3 Å². The summed E-state index contributed by atoms with van der Waals surface area (Å²) in [6.45, 7) is 4.04. The second-order valence-electron chi connectivity index (χ2n) is 6.17. The number of hydrogen-bond donors (Lipinski definition) is 1. The number of rotatable bonds is 5. The van der Waals surface area contributed by atoms with Gasteiger partial charge in [0.05, 0.1) is 5.56 Å². The van der Waals surface area contributed by atoms with Crippen LogP contribution >= 0.6 is 0 Å². The molecule has 25 heavy (non-hydrogen) atoms. The molecule has 0 saturated carbocycles. The van der Waals surface area contributed by atoms with Gasteiger partial charge in [-0.2, -0.15) is 0 Å². The largest absolute Gasteiger partial charge is 0.484 e. The Hall–Kier alpha value is -3.08. The van der Waals surface area contributed by atoms with Gasteiger partial charge in [0.25, 0.3) is 5.91 Å². The van der Waals surface area contributed by atoms with Crippen molar-refractivity contribution in [3.8, 4) is 11.5 Å². The van der Waals surface area contributed by atoms with Gasteiger partial charge in [0.1, 0.15) is 11.5 Å². The molecule has 0 unspecified atom stereocenters. The first-order valence-corrected chi connectivity index (χ1v) is 8.03. The zero-order chi connectivity index (χ0) is 18.0. The molecule has 1 amide bonds. The van der Waals surface area contributed by atoms with Crippen LogP contribution in [0.1, 0.15) is 41.3 Å². The van der Waals surface area contributed by atoms with Crippen LogP contribution in [0.5, 0.6) is 11.5 Å². The van der Waals surface area contributed by atoms with E-state index in [4.69, 9.17) is 15.2 Å². The third kappa shape index (κ3) is 3.71. The van der Waals surface area contributed by atoms with Crippen molar-refractivity contribution >= 4 is 17.8 Å². The standard InChI is InChI=1S/C20H19NO4/c1-12(2)14-5-3-13(4-6-14)9-18-20(23)16-8-7-15(10-17(16)25-18)24-11-19(21)22/h3-10,12H,11H2,1-2H3,(H2,21,22)/b18-9-. The molecule has 1 heterocycles. The maximum atomic E-state index is 12.4. The molecular formula is C20H19NO4. The van der Waals surface area contributed by atoms with E-state index in [-0.39, 0.29) is 18.1 Å². The fraction of sp³-hybridized carbons (Fsp3) is 0.200. The smallest absolute Gasteiger partial charge is 0.255 e. The monoisotopic (exact) mass is 337 g/mol. The lowest BCUT2D eigenvalue weighted by molar-refractivity contribution is -0.119. The Balaban J connectivity index is 1.80. The third-order valence-corrected chi connectivity index (χ3v) is 3.92. The molecule has 0 spiro atoms. The number of amides is 1. The molecule has 0 atom stereocenters. The van der Waals surface area contributed by atoms with Gasteiger partial charge in [-0.1, -0.05) is 38.1 Å². The van der Waals surface area contributed by atoms with Crippen LogP contribution in [-0.2, 0) is 4.79 Å². The van der Waals surface area contributed by atoms with Crippen LogP contribution in [0.3, 0.4) is 0 Å². The lowest BCUT2D eigenvalue weighted by Gasteiger charge is -2.05. The molecule has 0 bridgehead atoms. The highest BCUT2D eigenvalue weighted by molar-refractivity contribution is 6.14. The number of nitrogens with two attached hydrogens (primary N) is 1. The van der Waals surface area contributed by atoms with Crippen LogP contribution in [0.15, 0.2) is 48.2 Å². The van der Waals surface area contributed by atoms with E-state index in [1.54, 1.807) is 24.3 Å². The molecule has 0 aliphatic carbocycles. The second kappa shape index (κ2) is 6.81. The minimum atomic E-state index is -0.567. The van der Waals surface area contributed by atoms with Gasteiger partial charge in [-0.05, 0) is 35.3 Å². The summed E-state index contributed by atoms with van der Waals surface area (Å²) in [6.07, 6.45) is 1.72. The first kappa shape index (κ1) is 16.8. The van der Waals surface area contributed by atoms with Crippen LogP contribution in [0.4, 0.5) is 0 Å². The Labute approximate surface area is 146 Å². The van der Waals surface area contributed by atoms with E-state index in [2.05, 4.69) is 13.8 Å². The topological polar surface area (TPSA) is 78.6 Å². The summed E-state index contributed by atoms with van der Waals surface area (Å²) >= 11 is 0. The fourth-order valence-corrected chi connectivity index (χ4v) is 2.54. The Morgan fingerprint density at radius 1 is 1.20 bits per heavy atom. The zero-order valence-corrected chi connectivity index (χ0v) is 14.1. The summed E-state index contributed by atoms with van der Waals surface area (Å²) in [7, 11) is 0. The number of primary amides is 1. The summed E-state index contributed by atoms with van der Waals surface area (Å²) in [4.78, 5) is 23.2. The summed E-state index contributed by atoms with van der Waals surface area (Å²) in [6, 6.07) is 12.8. The molecule has 0 saturated heterocycles. The lowest BCUT2D eigenvalue weighted by Crippen LogP contribution is -2.19. The van der Waals surface area contributed by atoms with Crippen molar-refractivity contribution in [2.75, 3.05) is 6.61 Å². The molecule has 0 aromatic heterocycles. The summed E-state index contributed by atoms with van der Waals surface area (Å²) < 4.78 is 10.9. The van der Waals surface area contributed by atoms with Gasteiger partial charge >= 0.3 is 0 Å². The number of hydrogen-bond acceptors (Lipinski definition) is 4. The highest BCUT2D eigenvalue weighted by Gasteiger charge is 2.27. The van der Waals surface area contributed by atoms with Crippen LogP contribution < -0.4 is 15.2 Å². The molecule has 3 rings (SSSR count). The van der Waals surface area contributed by atoms with Crippen molar-refractivity contribution in [3.05, 3.63) is 64.9 Å². The van der Waals surface area contributed by atoms with Gasteiger partial charge in [0, 0.05) is 6.07 Å². The van der Waals surface area contributed by atoms with Crippen molar-refractivity contribution in [3.63, 3.8) is 0 Å². The number of ketones is 1. The number of benzene rings is 2. The molecule has 2 N–H and O–H groups in total. The summed E-state index contributed by atoms with van der Waals surface area (Å²) in [5, 5.41) is 0. The molecule has 2 aromatic rings. The number of fused-ring (bicyclic) bond motifs is 1. The number of carbonyl (C=O) groups is 2. The molecule has 5 heteroatoms. The Morgan fingerprint density at radius 2 is 1.92 bits per heavy atom. The summed E-state index contributed by atoms with van der Waals surface area (Å²) in [5.74, 6) is 0.811. The highest BCUT2D eigenvalue weighted by atomic mass is 16.5. The van der Waals surface area contributed by atoms with Crippen molar-refractivity contribution in [2.45, 2.75) is 19.8 Å². The minimum absolute atomic E-state index is 0.176. The van der Waals surface area contributed by atoms with Crippen LogP contribution in [0, 0.1) is 0 Å². The molecule has 5 nitrogen and oxygen atoms in total. The average Bonchev–Trinajstić information content (AvgIpc) is 2.89. The van der Waals surface area contributed by atoms with Gasteiger partial charge in [0.2, 0.25) is 5.78 Å². The molecule has 1 aliphatic rings. The number of carbonyl (C=O) groups excluding carboxylic acids is 2. The molecule has 0 radical (unpaired) electrons. The van der Waals surface area contributed by atoms with Gasteiger partial charge in [0.15, 0.2) is 12.4 Å². The normalized spacial score (nSPS) is 14.5. The minimum Gasteiger partial charge on any atom is -0.484 e. The van der Waals surface area contributed by atoms with Gasteiger partial charge in [-0.15, -0.1) is 0 Å². The lowest BCUT2D eigenvalue weighted by atomic mass is 10.0. The molecule has 2 aromatic carbocycles. The van der Waals surface area contributed by atoms with Crippen LogP contribution in [0.25, 0.3) is 6.08 Å². The zero-order valence-electron chi connectivity index (χ0n) is 14.1. The van der Waals surface area contributed by atoms with Crippen molar-refractivity contribution in [1.82, 2.24) is 0 Å². The number of allylic oxidation sites excluding steroid dienone is 1. The Bertz CT molecular complexity index is 850. The van der Waals surface area contributed by atoms with E-state index in [0.29, 0.717) is 23.0 Å². The Kier molecular flexibility index (Phi) is 4.57. The van der Waals surface area contributed by atoms with E-state index >= 15 is 0 Å². The van der Waals surface area contributed by atoms with Gasteiger partial charge in [-0.25, -0.2) is 0 Å². The number of Topliss-reactive ketones (excluding diaryl/α,β-unsaturated/α-hetero) is 1. The molecule has 1 aliphatic heterocycles. The van der Waals surface area contributed by atoms with Crippen molar-refractivity contribution in [2.24, 2.45) is 5.73 Å². The summed E-state index contributed by atoms with van der Waals surface area (Å²) in [5.41, 5.74) is 7.65. The van der Waals surface area contributed by atoms with E-state index in [0.717, 1.165) is 5.56 Å². The fourth-order valence-electron chi connectivity index (χ4n) is 2.54. The predicted octanol–water partition coefficient (Wildman–Crippen LogP) is 3.29.